The van der Waals surface area contributed by atoms with Gasteiger partial charge in [-0.05, 0) is 33.0 Å². The van der Waals surface area contributed by atoms with Crippen LogP contribution in [0.5, 0.6) is 0 Å². The summed E-state index contributed by atoms with van der Waals surface area (Å²) in [6, 6.07) is 1.02. The van der Waals surface area contributed by atoms with E-state index in [9.17, 15) is 5.11 Å². The molecule has 0 saturated heterocycles. The molecule has 3 heteroatoms. The van der Waals surface area contributed by atoms with Crippen molar-refractivity contribution < 1.29 is 5.11 Å². The average Bonchev–Trinajstić information content (AvgIpc) is 2.38. The average molecular weight is 270 g/mol. The molecule has 1 atom stereocenters. The highest BCUT2D eigenvalue weighted by molar-refractivity contribution is 4.78. The van der Waals surface area contributed by atoms with Gasteiger partial charge in [0.05, 0.1) is 6.61 Å². The van der Waals surface area contributed by atoms with Gasteiger partial charge >= 0.3 is 0 Å². The van der Waals surface area contributed by atoms with Crippen LogP contribution in [0.1, 0.15) is 58.8 Å². The lowest BCUT2D eigenvalue weighted by Gasteiger charge is -2.36. The number of likely N-dealkylation sites (N-methyl/N-ethyl adjacent to an activating group) is 2. The van der Waals surface area contributed by atoms with E-state index >= 15 is 0 Å². The van der Waals surface area contributed by atoms with E-state index in [1.165, 1.54) is 44.9 Å². The van der Waals surface area contributed by atoms with E-state index in [1.54, 1.807) is 0 Å². The van der Waals surface area contributed by atoms with Gasteiger partial charge in [-0.3, -0.25) is 4.90 Å². The van der Waals surface area contributed by atoms with Crippen molar-refractivity contribution in [3.05, 3.63) is 0 Å². The predicted octanol–water partition coefficient (Wildman–Crippen LogP) is 2.73. The third-order valence-electron chi connectivity index (χ3n) is 4.74. The van der Waals surface area contributed by atoms with E-state index in [2.05, 4.69) is 30.7 Å². The zero-order chi connectivity index (χ0) is 14.1. The molecule has 0 bridgehead atoms. The largest absolute Gasteiger partial charge is 0.395 e. The van der Waals surface area contributed by atoms with Crippen LogP contribution in [-0.2, 0) is 0 Å². The molecule has 1 saturated carbocycles. The van der Waals surface area contributed by atoms with Crippen molar-refractivity contribution in [1.82, 2.24) is 9.80 Å². The lowest BCUT2D eigenvalue weighted by Crippen LogP contribution is -2.47. The van der Waals surface area contributed by atoms with Gasteiger partial charge in [-0.2, -0.15) is 0 Å². The van der Waals surface area contributed by atoms with E-state index in [4.69, 9.17) is 0 Å². The number of hydrogen-bond donors (Lipinski definition) is 1. The van der Waals surface area contributed by atoms with Crippen LogP contribution in [0.25, 0.3) is 0 Å². The molecule has 1 unspecified atom stereocenters. The number of aliphatic hydroxyl groups is 1. The van der Waals surface area contributed by atoms with Gasteiger partial charge in [-0.15, -0.1) is 0 Å². The molecule has 0 heterocycles. The van der Waals surface area contributed by atoms with Crippen molar-refractivity contribution in [2.45, 2.75) is 70.9 Å². The van der Waals surface area contributed by atoms with Crippen molar-refractivity contribution in [1.29, 1.82) is 0 Å². The second-order valence-corrected chi connectivity index (χ2v) is 6.00. The standard InChI is InChI=1S/C16H34N2O/c1-4-18(5-2)16(14-19)13-17(3)15-11-9-7-6-8-10-12-15/h15-16,19H,4-14H2,1-3H3. The van der Waals surface area contributed by atoms with Crippen LogP contribution in [0.2, 0.25) is 0 Å². The summed E-state index contributed by atoms with van der Waals surface area (Å²) < 4.78 is 0. The third kappa shape index (κ3) is 5.80. The Morgan fingerprint density at radius 3 is 2.00 bits per heavy atom. The third-order valence-corrected chi connectivity index (χ3v) is 4.74. The first-order chi connectivity index (χ1) is 9.22. The fourth-order valence-corrected chi connectivity index (χ4v) is 3.39. The molecule has 3 nitrogen and oxygen atoms in total. The fraction of sp³-hybridized carbons (Fsp3) is 1.00. The first-order valence-electron chi connectivity index (χ1n) is 8.28. The lowest BCUT2D eigenvalue weighted by atomic mass is 9.95. The Morgan fingerprint density at radius 1 is 1.00 bits per heavy atom. The molecule has 0 radical (unpaired) electrons. The number of nitrogens with zero attached hydrogens (tertiary/aromatic N) is 2. The molecule has 1 N–H and O–H groups in total. The Kier molecular flexibility index (Phi) is 8.67. The van der Waals surface area contributed by atoms with Crippen LogP contribution in [0.15, 0.2) is 0 Å². The number of aliphatic hydroxyl groups excluding tert-OH is 1. The van der Waals surface area contributed by atoms with Crippen LogP contribution in [-0.4, -0.2) is 60.3 Å². The molecule has 0 aliphatic heterocycles. The van der Waals surface area contributed by atoms with Gasteiger partial charge in [0.15, 0.2) is 0 Å². The summed E-state index contributed by atoms with van der Waals surface area (Å²) in [7, 11) is 2.25. The zero-order valence-electron chi connectivity index (χ0n) is 13.3. The summed E-state index contributed by atoms with van der Waals surface area (Å²) >= 11 is 0. The van der Waals surface area contributed by atoms with Gasteiger partial charge in [0.2, 0.25) is 0 Å². The van der Waals surface area contributed by atoms with Crippen LogP contribution in [0, 0.1) is 0 Å². The number of hydrogen-bond acceptors (Lipinski definition) is 3. The van der Waals surface area contributed by atoms with Crippen LogP contribution in [0.4, 0.5) is 0 Å². The van der Waals surface area contributed by atoms with E-state index in [-0.39, 0.29) is 6.61 Å². The van der Waals surface area contributed by atoms with Crippen molar-refractivity contribution in [3.8, 4) is 0 Å². The Morgan fingerprint density at radius 2 is 1.53 bits per heavy atom. The fourth-order valence-electron chi connectivity index (χ4n) is 3.39. The molecule has 1 aliphatic carbocycles. The highest BCUT2D eigenvalue weighted by atomic mass is 16.3. The molecule has 1 rings (SSSR count). The van der Waals surface area contributed by atoms with Gasteiger partial charge in [-0.1, -0.05) is 46.0 Å². The van der Waals surface area contributed by atoms with Gasteiger partial charge in [0.1, 0.15) is 0 Å². The molecule has 0 aromatic carbocycles. The maximum absolute atomic E-state index is 9.64. The second kappa shape index (κ2) is 9.73. The summed E-state index contributed by atoms with van der Waals surface area (Å²) in [5.74, 6) is 0. The van der Waals surface area contributed by atoms with Gasteiger partial charge in [0, 0.05) is 18.6 Å². The van der Waals surface area contributed by atoms with Gasteiger partial charge in [0.25, 0.3) is 0 Å². The summed E-state index contributed by atoms with van der Waals surface area (Å²) in [5, 5.41) is 9.64. The highest BCUT2D eigenvalue weighted by Crippen LogP contribution is 2.21. The lowest BCUT2D eigenvalue weighted by molar-refractivity contribution is 0.0825. The molecule has 114 valence electrons. The Labute approximate surface area is 120 Å². The highest BCUT2D eigenvalue weighted by Gasteiger charge is 2.21. The SMILES string of the molecule is CCN(CC)C(CO)CN(C)C1CCCCCCC1. The Hall–Kier alpha value is -0.120. The minimum atomic E-state index is 0.277. The second-order valence-electron chi connectivity index (χ2n) is 6.00. The van der Waals surface area contributed by atoms with E-state index < -0.39 is 0 Å². The molecular weight excluding hydrogens is 236 g/mol. The van der Waals surface area contributed by atoms with E-state index in [0.29, 0.717) is 6.04 Å². The monoisotopic (exact) mass is 270 g/mol. The van der Waals surface area contributed by atoms with Crippen LogP contribution < -0.4 is 0 Å². The maximum atomic E-state index is 9.64. The molecule has 1 aliphatic rings. The summed E-state index contributed by atoms with van der Waals surface area (Å²) in [6.07, 6.45) is 9.68. The Bertz CT molecular complexity index is 211. The normalized spacial score (nSPS) is 20.5. The minimum Gasteiger partial charge on any atom is -0.395 e. The Balaban J connectivity index is 2.47. The van der Waals surface area contributed by atoms with Crippen LogP contribution in [0.3, 0.4) is 0 Å². The van der Waals surface area contributed by atoms with Crippen molar-refractivity contribution in [2.75, 3.05) is 33.3 Å². The first kappa shape index (κ1) is 16.9. The smallest absolute Gasteiger partial charge is 0.0599 e. The molecule has 0 spiro atoms. The van der Waals surface area contributed by atoms with Gasteiger partial charge < -0.3 is 10.0 Å². The molecule has 0 amide bonds. The summed E-state index contributed by atoms with van der Waals surface area (Å²) in [4.78, 5) is 4.88. The summed E-state index contributed by atoms with van der Waals surface area (Å²) in [5.41, 5.74) is 0. The molecule has 1 fully saturated rings. The van der Waals surface area contributed by atoms with E-state index in [0.717, 1.165) is 25.7 Å². The van der Waals surface area contributed by atoms with Crippen molar-refractivity contribution >= 4 is 0 Å². The quantitative estimate of drug-likeness (QED) is 0.770. The number of rotatable bonds is 7. The predicted molar refractivity (Wildman–Crippen MR) is 82.5 cm³/mol. The molecule has 0 aromatic rings. The van der Waals surface area contributed by atoms with Crippen molar-refractivity contribution in [2.24, 2.45) is 0 Å². The first-order valence-corrected chi connectivity index (χ1v) is 8.28. The molecular formula is C16H34N2O. The van der Waals surface area contributed by atoms with E-state index in [1.807, 2.05) is 0 Å². The summed E-state index contributed by atoms with van der Waals surface area (Å²) in [6.45, 7) is 7.70. The maximum Gasteiger partial charge on any atom is 0.0599 e. The molecule has 19 heavy (non-hydrogen) atoms. The minimum absolute atomic E-state index is 0.277. The molecule has 0 aromatic heterocycles. The van der Waals surface area contributed by atoms with Gasteiger partial charge in [-0.25, -0.2) is 0 Å². The topological polar surface area (TPSA) is 26.7 Å². The zero-order valence-corrected chi connectivity index (χ0v) is 13.3. The van der Waals surface area contributed by atoms with Crippen LogP contribution >= 0.6 is 0 Å². The van der Waals surface area contributed by atoms with Crippen molar-refractivity contribution in [3.63, 3.8) is 0 Å².